The Morgan fingerprint density at radius 1 is 1.50 bits per heavy atom. The van der Waals surface area contributed by atoms with Gasteiger partial charge in [-0.25, -0.2) is 0 Å². The highest BCUT2D eigenvalue weighted by Crippen LogP contribution is 2.23. The third-order valence-electron chi connectivity index (χ3n) is 2.79. The van der Waals surface area contributed by atoms with E-state index in [9.17, 15) is 18.0 Å². The van der Waals surface area contributed by atoms with Gasteiger partial charge in [-0.3, -0.25) is 4.79 Å². The fraction of sp³-hybridized carbons (Fsp3) is 0.769. The van der Waals surface area contributed by atoms with Crippen LogP contribution in [-0.4, -0.2) is 43.5 Å². The molecule has 0 aromatic rings. The van der Waals surface area contributed by atoms with Gasteiger partial charge in [-0.15, -0.1) is 0 Å². The first kappa shape index (κ1) is 17.0. The van der Waals surface area contributed by atoms with E-state index in [1.54, 1.807) is 0 Å². The smallest absolute Gasteiger partial charge is 0.375 e. The molecule has 1 heterocycles. The molecule has 7 heteroatoms. The van der Waals surface area contributed by atoms with Gasteiger partial charge >= 0.3 is 6.18 Å². The van der Waals surface area contributed by atoms with Gasteiger partial charge in [0.2, 0.25) is 5.91 Å². The van der Waals surface area contributed by atoms with Crippen molar-refractivity contribution in [2.45, 2.75) is 44.5 Å². The molecule has 1 fully saturated rings. The van der Waals surface area contributed by atoms with E-state index < -0.39 is 12.8 Å². The molecule has 0 saturated carbocycles. The van der Waals surface area contributed by atoms with E-state index in [-0.39, 0.29) is 24.2 Å². The highest BCUT2D eigenvalue weighted by atomic mass is 19.4. The van der Waals surface area contributed by atoms with Crippen LogP contribution >= 0.6 is 0 Å². The predicted molar refractivity (Wildman–Crippen MR) is 67.2 cm³/mol. The highest BCUT2D eigenvalue weighted by molar-refractivity contribution is 5.87. The molecule has 1 aliphatic rings. The van der Waals surface area contributed by atoms with Crippen molar-refractivity contribution >= 4 is 5.91 Å². The van der Waals surface area contributed by atoms with Crippen LogP contribution in [0.15, 0.2) is 12.2 Å². The normalized spacial score (nSPS) is 22.9. The number of nitrogens with one attached hydrogen (secondary N) is 1. The molecular weight excluding hydrogens is 275 g/mol. The molecule has 1 rings (SSSR count). The average molecular weight is 295 g/mol. The first-order chi connectivity index (χ1) is 9.18. The Hall–Kier alpha value is -1.08. The molecule has 0 bridgehead atoms. The lowest BCUT2D eigenvalue weighted by molar-refractivity contribution is -0.171. The SMILES string of the molecule is CC1(C)CC(NC(=O)C=CCOCC(F)(F)F)CCO1. The van der Waals surface area contributed by atoms with Crippen LogP contribution in [0.1, 0.15) is 26.7 Å². The molecular formula is C13H20F3NO3. The van der Waals surface area contributed by atoms with Gasteiger partial charge in [-0.2, -0.15) is 13.2 Å². The van der Waals surface area contributed by atoms with Crippen LogP contribution in [0.4, 0.5) is 13.2 Å². The number of halogens is 3. The van der Waals surface area contributed by atoms with Crippen molar-refractivity contribution in [2.24, 2.45) is 0 Å². The summed E-state index contributed by atoms with van der Waals surface area (Å²) in [4.78, 5) is 11.6. The van der Waals surface area contributed by atoms with Crippen LogP contribution in [0, 0.1) is 0 Å². The summed E-state index contributed by atoms with van der Waals surface area (Å²) in [5.41, 5.74) is -0.268. The molecule has 0 aromatic carbocycles. The quantitative estimate of drug-likeness (QED) is 0.625. The Morgan fingerprint density at radius 2 is 2.20 bits per heavy atom. The fourth-order valence-corrected chi connectivity index (χ4v) is 2.00. The van der Waals surface area contributed by atoms with E-state index in [0.717, 1.165) is 6.42 Å². The molecule has 1 aliphatic heterocycles. The summed E-state index contributed by atoms with van der Waals surface area (Å²) in [6.45, 7) is 2.92. The van der Waals surface area contributed by atoms with E-state index >= 15 is 0 Å². The Bertz CT molecular complexity index is 353. The highest BCUT2D eigenvalue weighted by Gasteiger charge is 2.29. The number of carbonyl (C=O) groups is 1. The van der Waals surface area contributed by atoms with Crippen molar-refractivity contribution in [3.05, 3.63) is 12.2 Å². The molecule has 0 aliphatic carbocycles. The van der Waals surface area contributed by atoms with E-state index in [1.807, 2.05) is 13.8 Å². The standard InChI is InChI=1S/C13H20F3NO3/c1-12(2)8-10(5-7-20-12)17-11(18)4-3-6-19-9-13(14,15)16/h3-4,10H,5-9H2,1-2H3,(H,17,18). The molecule has 1 unspecified atom stereocenters. The topological polar surface area (TPSA) is 47.6 Å². The summed E-state index contributed by atoms with van der Waals surface area (Å²) < 4.78 is 45.2. The second-order valence-electron chi connectivity index (χ2n) is 5.34. The van der Waals surface area contributed by atoms with Crippen molar-refractivity contribution in [1.82, 2.24) is 5.32 Å². The zero-order valence-corrected chi connectivity index (χ0v) is 11.6. The van der Waals surface area contributed by atoms with Crippen LogP contribution in [0.2, 0.25) is 0 Å². The number of alkyl halides is 3. The summed E-state index contributed by atoms with van der Waals surface area (Å²) in [6, 6.07) is 0.0204. The summed E-state index contributed by atoms with van der Waals surface area (Å²) in [5, 5.41) is 2.80. The summed E-state index contributed by atoms with van der Waals surface area (Å²) in [5.74, 6) is -0.330. The van der Waals surface area contributed by atoms with Crippen LogP contribution in [0.5, 0.6) is 0 Å². The zero-order chi connectivity index (χ0) is 15.2. The third-order valence-corrected chi connectivity index (χ3v) is 2.79. The Balaban J connectivity index is 2.23. The lowest BCUT2D eigenvalue weighted by Crippen LogP contribution is -2.45. The lowest BCUT2D eigenvalue weighted by Gasteiger charge is -2.35. The molecule has 1 atom stereocenters. The van der Waals surface area contributed by atoms with E-state index in [1.165, 1.54) is 12.2 Å². The molecule has 116 valence electrons. The van der Waals surface area contributed by atoms with E-state index in [4.69, 9.17) is 4.74 Å². The molecule has 0 radical (unpaired) electrons. The monoisotopic (exact) mass is 295 g/mol. The number of hydrogen-bond donors (Lipinski definition) is 1. The van der Waals surface area contributed by atoms with Crippen molar-refractivity contribution in [3.8, 4) is 0 Å². The molecule has 0 spiro atoms. The summed E-state index contributed by atoms with van der Waals surface area (Å²) >= 11 is 0. The summed E-state index contributed by atoms with van der Waals surface area (Å²) in [6.07, 6.45) is -0.446. The van der Waals surface area contributed by atoms with Gasteiger partial charge in [0.05, 0.1) is 12.2 Å². The first-order valence-electron chi connectivity index (χ1n) is 6.43. The molecule has 4 nitrogen and oxygen atoms in total. The van der Waals surface area contributed by atoms with Crippen molar-refractivity contribution in [2.75, 3.05) is 19.8 Å². The molecule has 1 N–H and O–H groups in total. The van der Waals surface area contributed by atoms with Gasteiger partial charge in [0.25, 0.3) is 0 Å². The first-order valence-corrected chi connectivity index (χ1v) is 6.43. The number of hydrogen-bond acceptors (Lipinski definition) is 3. The minimum Gasteiger partial charge on any atom is -0.375 e. The van der Waals surface area contributed by atoms with Crippen LogP contribution in [0.3, 0.4) is 0 Å². The van der Waals surface area contributed by atoms with Gasteiger partial charge in [0.15, 0.2) is 0 Å². The van der Waals surface area contributed by atoms with Crippen molar-refractivity contribution < 1.29 is 27.4 Å². The van der Waals surface area contributed by atoms with Crippen LogP contribution < -0.4 is 5.32 Å². The lowest BCUT2D eigenvalue weighted by atomic mass is 9.94. The molecule has 1 amide bonds. The Morgan fingerprint density at radius 3 is 2.80 bits per heavy atom. The molecule has 0 aromatic heterocycles. The number of rotatable bonds is 5. The minimum atomic E-state index is -4.34. The molecule has 1 saturated heterocycles. The minimum absolute atomic E-state index is 0.0204. The van der Waals surface area contributed by atoms with Gasteiger partial charge in [0, 0.05) is 18.7 Å². The number of amides is 1. The zero-order valence-electron chi connectivity index (χ0n) is 11.6. The van der Waals surface area contributed by atoms with Gasteiger partial charge in [-0.1, -0.05) is 6.08 Å². The maximum absolute atomic E-state index is 11.8. The predicted octanol–water partition coefficient (Wildman–Crippen LogP) is 2.20. The maximum atomic E-state index is 11.8. The second-order valence-corrected chi connectivity index (χ2v) is 5.34. The second kappa shape index (κ2) is 7.08. The van der Waals surface area contributed by atoms with Crippen LogP contribution in [-0.2, 0) is 14.3 Å². The fourth-order valence-electron chi connectivity index (χ4n) is 2.00. The van der Waals surface area contributed by atoms with E-state index in [0.29, 0.717) is 13.0 Å². The Labute approximate surface area is 116 Å². The van der Waals surface area contributed by atoms with Crippen molar-refractivity contribution in [1.29, 1.82) is 0 Å². The maximum Gasteiger partial charge on any atom is 0.411 e. The largest absolute Gasteiger partial charge is 0.411 e. The average Bonchev–Trinajstić information content (AvgIpc) is 2.25. The number of carbonyl (C=O) groups excluding carboxylic acids is 1. The summed E-state index contributed by atoms with van der Waals surface area (Å²) in [7, 11) is 0. The number of ether oxygens (including phenoxy) is 2. The molecule has 20 heavy (non-hydrogen) atoms. The van der Waals surface area contributed by atoms with E-state index in [2.05, 4.69) is 10.1 Å². The third kappa shape index (κ3) is 7.49. The van der Waals surface area contributed by atoms with Gasteiger partial charge in [0.1, 0.15) is 6.61 Å². The van der Waals surface area contributed by atoms with Gasteiger partial charge < -0.3 is 14.8 Å². The van der Waals surface area contributed by atoms with Gasteiger partial charge in [-0.05, 0) is 26.7 Å². The Kier molecular flexibility index (Phi) is 6.01. The van der Waals surface area contributed by atoms with Crippen LogP contribution in [0.25, 0.3) is 0 Å². The van der Waals surface area contributed by atoms with Crippen molar-refractivity contribution in [3.63, 3.8) is 0 Å².